The van der Waals surface area contributed by atoms with Gasteiger partial charge >= 0.3 is 0 Å². The molecule has 21 heteroatoms. The molecule has 0 bridgehead atoms. The van der Waals surface area contributed by atoms with Crippen LogP contribution in [0.4, 0.5) is 17.6 Å². The summed E-state index contributed by atoms with van der Waals surface area (Å²) < 4.78 is 19.8. The number of nitrogens with zero attached hydrogens (tertiary/aromatic N) is 10. The zero-order chi connectivity index (χ0) is 53.9. The van der Waals surface area contributed by atoms with Gasteiger partial charge in [-0.15, -0.1) is 11.3 Å². The predicted octanol–water partition coefficient (Wildman–Crippen LogP) is 5.89. The maximum Gasteiger partial charge on any atom is 0.246 e. The summed E-state index contributed by atoms with van der Waals surface area (Å²) in [7, 11) is 1.77. The number of imidazole rings is 1. The molecule has 0 spiro atoms. The molecule has 3 saturated heterocycles. The van der Waals surface area contributed by atoms with Crippen LogP contribution in [-0.4, -0.2) is 177 Å². The molecule has 76 heavy (non-hydrogen) atoms. The second kappa shape index (κ2) is 26.1. The molecule has 0 unspecified atom stereocenters. The Morgan fingerprint density at radius 1 is 0.868 bits per heavy atom. The number of β-amino-alcohol motifs (C(OH)–C–C–N with tert-alkyl or cyclic N) is 1. The summed E-state index contributed by atoms with van der Waals surface area (Å²) >= 11 is 1.58. The van der Waals surface area contributed by atoms with Crippen LogP contribution in [0.25, 0.3) is 21.5 Å². The number of carbonyl (C=O) groups is 3. The van der Waals surface area contributed by atoms with Crippen molar-refractivity contribution in [2.24, 2.45) is 5.41 Å². The number of carbonyl (C=O) groups excluding carboxylic acids is 3. The van der Waals surface area contributed by atoms with Crippen LogP contribution in [0.15, 0.2) is 54.3 Å². The number of methoxy groups -OCH3 is 1. The number of piperidine rings is 1. The standard InChI is InChI=1S/C55H79N13O7S/c1-36(2)68-44-30-47(61-46-15-18-56-54(62-46)66-21-16-42(73-8)17-22-66)57-31-43(44)60-48(68)33-74-27-9-19-64-23-25-65(26-24-64)20-10-28-75-34-49(70)63-51(55(5,6)7)53(72)67-32-41(69)29-45(67)52(71)59-37(3)39-11-13-40(14-12-39)50-38(4)58-35-76-50/h11-15,18,30-31,35-37,41-42,45,51,69H,9-10,16-17,19-29,32-34H2,1-8H3,(H,59,71)(H,63,70)(H,56,57,61,62)/t37-,41+,45-,51+/m0/s1. The fourth-order valence-electron chi connectivity index (χ4n) is 10.4. The van der Waals surface area contributed by atoms with Gasteiger partial charge in [0.2, 0.25) is 23.7 Å². The zero-order valence-electron chi connectivity index (χ0n) is 45.7. The number of aromatic nitrogens is 6. The van der Waals surface area contributed by atoms with Gasteiger partial charge < -0.3 is 59.4 Å². The molecule has 4 aromatic heterocycles. The quantitative estimate of drug-likeness (QED) is 0.0561. The average molecular weight is 1070 g/mol. The summed E-state index contributed by atoms with van der Waals surface area (Å²) in [4.78, 5) is 73.9. The molecule has 8 rings (SSSR count). The van der Waals surface area contributed by atoms with E-state index in [1.807, 2.05) is 76.5 Å². The molecule has 4 atom stereocenters. The van der Waals surface area contributed by atoms with Crippen molar-refractivity contribution in [1.29, 1.82) is 0 Å². The molecule has 1 aromatic carbocycles. The Morgan fingerprint density at radius 3 is 2.21 bits per heavy atom. The highest BCUT2D eigenvalue weighted by Crippen LogP contribution is 2.31. The highest BCUT2D eigenvalue weighted by Gasteiger charge is 2.45. The van der Waals surface area contributed by atoms with Crippen LogP contribution in [0.2, 0.25) is 0 Å². The molecule has 7 heterocycles. The summed E-state index contributed by atoms with van der Waals surface area (Å²) in [5.74, 6) is 1.79. The molecule has 0 saturated carbocycles. The van der Waals surface area contributed by atoms with E-state index in [2.05, 4.69) is 64.0 Å². The van der Waals surface area contributed by atoms with Crippen molar-refractivity contribution in [3.8, 4) is 10.4 Å². The number of anilines is 3. The fourth-order valence-corrected chi connectivity index (χ4v) is 11.2. The zero-order valence-corrected chi connectivity index (χ0v) is 46.5. The number of fused-ring (bicyclic) bond motifs is 1. The number of ether oxygens (including phenoxy) is 3. The predicted molar refractivity (Wildman–Crippen MR) is 294 cm³/mol. The van der Waals surface area contributed by atoms with Crippen LogP contribution in [0.1, 0.15) is 103 Å². The number of rotatable bonds is 23. The van der Waals surface area contributed by atoms with Gasteiger partial charge in [-0.25, -0.2) is 19.9 Å². The number of hydrogen-bond donors (Lipinski definition) is 4. The van der Waals surface area contributed by atoms with Crippen molar-refractivity contribution in [1.82, 2.24) is 54.8 Å². The molecule has 412 valence electrons. The van der Waals surface area contributed by atoms with Crippen molar-refractivity contribution in [2.75, 3.05) is 96.0 Å². The van der Waals surface area contributed by atoms with E-state index in [1.165, 1.54) is 4.90 Å². The minimum absolute atomic E-state index is 0.00341. The number of aryl methyl sites for hydroxylation is 1. The van der Waals surface area contributed by atoms with E-state index in [4.69, 9.17) is 24.2 Å². The molecule has 0 aliphatic carbocycles. The summed E-state index contributed by atoms with van der Waals surface area (Å²) in [5, 5.41) is 20.0. The van der Waals surface area contributed by atoms with Crippen LogP contribution >= 0.6 is 11.3 Å². The van der Waals surface area contributed by atoms with Gasteiger partial charge in [0.1, 0.15) is 48.3 Å². The Hall–Kier alpha value is -5.68. The van der Waals surface area contributed by atoms with E-state index in [1.54, 1.807) is 30.8 Å². The van der Waals surface area contributed by atoms with Gasteiger partial charge in [0.25, 0.3) is 0 Å². The SMILES string of the molecule is COC1CCN(c2nccc(Nc3cc4c(cn3)nc(COCCCN3CCN(CCCOCC(=O)N[C@H](C(=O)N5C[C@H](O)C[C@H]5C(=O)N[C@@H](C)c5ccc(-c6scnc6C)cc5)C(C)(C)C)CC3)n4C(C)C)n2)CC1. The summed E-state index contributed by atoms with van der Waals surface area (Å²) in [5.41, 5.74) is 5.90. The number of thiazole rings is 1. The number of piperazine rings is 1. The third-order valence-corrected chi connectivity index (χ3v) is 15.6. The van der Waals surface area contributed by atoms with Crippen molar-refractivity contribution < 1.29 is 33.7 Å². The van der Waals surface area contributed by atoms with Crippen molar-refractivity contribution in [3.63, 3.8) is 0 Å². The average Bonchev–Trinajstić information content (AvgIpc) is 4.13. The smallest absolute Gasteiger partial charge is 0.246 e. The highest BCUT2D eigenvalue weighted by molar-refractivity contribution is 7.13. The van der Waals surface area contributed by atoms with Crippen LogP contribution in [0.3, 0.4) is 0 Å². The van der Waals surface area contributed by atoms with Gasteiger partial charge in [0.15, 0.2) is 0 Å². The van der Waals surface area contributed by atoms with E-state index < -0.39 is 35.4 Å². The number of hydrogen-bond acceptors (Lipinski definition) is 17. The van der Waals surface area contributed by atoms with Gasteiger partial charge in [0, 0.05) is 104 Å². The number of likely N-dealkylation sites (tertiary alicyclic amines) is 1. The molecule has 3 aliphatic heterocycles. The molecule has 3 fully saturated rings. The third kappa shape index (κ3) is 14.7. The Bertz CT molecular complexity index is 2700. The largest absolute Gasteiger partial charge is 0.391 e. The van der Waals surface area contributed by atoms with Crippen LogP contribution in [0.5, 0.6) is 0 Å². The van der Waals surface area contributed by atoms with Crippen molar-refractivity contribution in [2.45, 2.75) is 124 Å². The maximum absolute atomic E-state index is 14.1. The number of aliphatic hydroxyl groups is 1. The highest BCUT2D eigenvalue weighted by atomic mass is 32.1. The second-order valence-corrected chi connectivity index (χ2v) is 22.6. The first kappa shape index (κ1) is 56.5. The fraction of sp³-hybridized carbons (Fsp3) is 0.600. The van der Waals surface area contributed by atoms with E-state index in [-0.39, 0.29) is 43.7 Å². The Kier molecular flexibility index (Phi) is 19.4. The lowest BCUT2D eigenvalue weighted by molar-refractivity contribution is -0.144. The number of pyridine rings is 1. The first-order valence-electron chi connectivity index (χ1n) is 27.0. The molecule has 4 N–H and O–H groups in total. The molecule has 3 amide bonds. The van der Waals surface area contributed by atoms with Crippen molar-refractivity contribution in [3.05, 3.63) is 71.4 Å². The first-order chi connectivity index (χ1) is 36.5. The van der Waals surface area contributed by atoms with Crippen LogP contribution in [-0.2, 0) is 35.2 Å². The van der Waals surface area contributed by atoms with Gasteiger partial charge in [-0.05, 0) is 76.0 Å². The second-order valence-electron chi connectivity index (χ2n) is 21.7. The number of aliphatic hydroxyl groups excluding tert-OH is 1. The van der Waals surface area contributed by atoms with E-state index in [0.29, 0.717) is 37.4 Å². The minimum Gasteiger partial charge on any atom is -0.391 e. The molecular formula is C55H79N13O7S. The first-order valence-corrected chi connectivity index (χ1v) is 27.9. The van der Waals surface area contributed by atoms with Gasteiger partial charge in [-0.1, -0.05) is 45.0 Å². The van der Waals surface area contributed by atoms with Crippen LogP contribution < -0.4 is 20.9 Å². The number of benzene rings is 1. The molecule has 20 nitrogen and oxygen atoms in total. The van der Waals surface area contributed by atoms with Crippen LogP contribution in [0, 0.1) is 12.3 Å². The maximum atomic E-state index is 14.1. The Balaban J connectivity index is 0.711. The molecule has 5 aromatic rings. The van der Waals surface area contributed by atoms with Gasteiger partial charge in [0.05, 0.1) is 46.0 Å². The Labute approximate surface area is 451 Å². The molecule has 3 aliphatic rings. The summed E-state index contributed by atoms with van der Waals surface area (Å²) in [6, 6.07) is 9.90. The normalized spacial score (nSPS) is 18.9. The number of amides is 3. The van der Waals surface area contributed by atoms with E-state index >= 15 is 0 Å². The lowest BCUT2D eigenvalue weighted by Gasteiger charge is -2.35. The van der Waals surface area contributed by atoms with Gasteiger partial charge in [-0.2, -0.15) is 4.98 Å². The summed E-state index contributed by atoms with van der Waals surface area (Å²) in [6.07, 6.45) is 6.71. The monoisotopic (exact) mass is 1070 g/mol. The molecular weight excluding hydrogens is 987 g/mol. The third-order valence-electron chi connectivity index (χ3n) is 14.6. The topological polar surface area (TPSA) is 218 Å². The van der Waals surface area contributed by atoms with E-state index in [9.17, 15) is 19.5 Å². The van der Waals surface area contributed by atoms with Gasteiger partial charge in [-0.3, -0.25) is 14.4 Å². The summed E-state index contributed by atoms with van der Waals surface area (Å²) in [6.45, 7) is 22.4. The Morgan fingerprint density at radius 2 is 1.57 bits per heavy atom. The lowest BCUT2D eigenvalue weighted by atomic mass is 9.85. The van der Waals surface area contributed by atoms with E-state index in [0.717, 1.165) is 117 Å². The lowest BCUT2D eigenvalue weighted by Crippen LogP contribution is -2.58. The minimum atomic E-state index is -0.931. The number of nitrogens with one attached hydrogen (secondary N) is 3. The molecule has 0 radical (unpaired) electrons. The van der Waals surface area contributed by atoms with Crippen molar-refractivity contribution >= 4 is 57.7 Å².